The van der Waals surface area contributed by atoms with Gasteiger partial charge in [0, 0.05) is 12.6 Å². The molecule has 8 nitrogen and oxygen atoms in total. The number of carbonyl (C=O) groups is 4. The van der Waals surface area contributed by atoms with Crippen LogP contribution in [0.5, 0.6) is 0 Å². The van der Waals surface area contributed by atoms with Gasteiger partial charge in [-0.1, -0.05) is 30.3 Å². The maximum atomic E-state index is 12.2. The van der Waals surface area contributed by atoms with Crippen molar-refractivity contribution in [3.05, 3.63) is 54.1 Å². The summed E-state index contributed by atoms with van der Waals surface area (Å²) in [6, 6.07) is 11.7. The van der Waals surface area contributed by atoms with Gasteiger partial charge in [0.2, 0.25) is 11.8 Å². The molecule has 0 spiro atoms. The lowest BCUT2D eigenvalue weighted by atomic mass is 9.99. The lowest BCUT2D eigenvalue weighted by Crippen LogP contribution is -2.44. The standard InChI is InChI=1S/C19H18N2O6/c1-11(22)20-16(10-17(23)24)18(25)21-13-8-6-12(7-9-13)14-4-2-3-5-15(14)19(26)27/h2-9,16H,10H2,1H3,(H,20,22)(H,21,25)(H,23,24)(H,26,27)/t16-/m1/s1. The van der Waals surface area contributed by atoms with E-state index in [-0.39, 0.29) is 5.56 Å². The minimum Gasteiger partial charge on any atom is -0.481 e. The Morgan fingerprint density at radius 2 is 1.59 bits per heavy atom. The van der Waals surface area contributed by atoms with E-state index < -0.39 is 36.2 Å². The van der Waals surface area contributed by atoms with E-state index in [1.807, 2.05) is 0 Å². The molecule has 2 rings (SSSR count). The normalized spacial score (nSPS) is 11.3. The Labute approximate surface area is 154 Å². The fraction of sp³-hybridized carbons (Fsp3) is 0.158. The van der Waals surface area contributed by atoms with E-state index in [9.17, 15) is 24.3 Å². The van der Waals surface area contributed by atoms with Crippen molar-refractivity contribution in [1.82, 2.24) is 5.32 Å². The molecule has 0 aliphatic heterocycles. The van der Waals surface area contributed by atoms with Crippen molar-refractivity contribution in [2.75, 3.05) is 5.32 Å². The summed E-state index contributed by atoms with van der Waals surface area (Å²) in [5.74, 6) is -3.44. The van der Waals surface area contributed by atoms with Gasteiger partial charge in [0.25, 0.3) is 0 Å². The largest absolute Gasteiger partial charge is 0.481 e. The van der Waals surface area contributed by atoms with E-state index in [0.29, 0.717) is 16.8 Å². The van der Waals surface area contributed by atoms with Gasteiger partial charge in [-0.05, 0) is 29.3 Å². The number of amides is 2. The molecule has 2 aromatic rings. The van der Waals surface area contributed by atoms with Crippen LogP contribution in [0.2, 0.25) is 0 Å². The monoisotopic (exact) mass is 370 g/mol. The van der Waals surface area contributed by atoms with Gasteiger partial charge in [0.05, 0.1) is 12.0 Å². The van der Waals surface area contributed by atoms with Crippen molar-refractivity contribution in [3.63, 3.8) is 0 Å². The lowest BCUT2D eigenvalue weighted by Gasteiger charge is -2.16. The van der Waals surface area contributed by atoms with Gasteiger partial charge in [-0.15, -0.1) is 0 Å². The van der Waals surface area contributed by atoms with Crippen LogP contribution >= 0.6 is 0 Å². The molecule has 0 fully saturated rings. The van der Waals surface area contributed by atoms with Crippen LogP contribution in [0.3, 0.4) is 0 Å². The molecule has 0 aliphatic rings. The SMILES string of the molecule is CC(=O)N[C@H](CC(=O)O)C(=O)Nc1ccc(-c2ccccc2C(=O)O)cc1. The van der Waals surface area contributed by atoms with Crippen LogP contribution in [0.1, 0.15) is 23.7 Å². The molecule has 4 N–H and O–H groups in total. The Hall–Kier alpha value is -3.68. The van der Waals surface area contributed by atoms with Crippen LogP contribution in [-0.4, -0.2) is 40.0 Å². The number of carboxylic acids is 2. The summed E-state index contributed by atoms with van der Waals surface area (Å²) in [5, 5.41) is 23.0. The van der Waals surface area contributed by atoms with Crippen LogP contribution in [-0.2, 0) is 14.4 Å². The van der Waals surface area contributed by atoms with Crippen molar-refractivity contribution in [2.24, 2.45) is 0 Å². The number of aliphatic carboxylic acids is 1. The van der Waals surface area contributed by atoms with E-state index in [0.717, 1.165) is 0 Å². The van der Waals surface area contributed by atoms with Gasteiger partial charge in [-0.25, -0.2) is 4.79 Å². The van der Waals surface area contributed by atoms with Crippen molar-refractivity contribution in [1.29, 1.82) is 0 Å². The predicted octanol–water partition coefficient (Wildman–Crippen LogP) is 1.97. The first kappa shape index (κ1) is 19.6. The van der Waals surface area contributed by atoms with E-state index in [2.05, 4.69) is 10.6 Å². The second-order valence-electron chi connectivity index (χ2n) is 5.77. The molecule has 0 bridgehead atoms. The first-order valence-corrected chi connectivity index (χ1v) is 8.00. The Kier molecular flexibility index (Phi) is 6.27. The topological polar surface area (TPSA) is 133 Å². The summed E-state index contributed by atoms with van der Waals surface area (Å²) in [6.45, 7) is 1.19. The van der Waals surface area contributed by atoms with Crippen LogP contribution < -0.4 is 10.6 Å². The first-order valence-electron chi connectivity index (χ1n) is 8.00. The molecule has 0 aliphatic carbocycles. The highest BCUT2D eigenvalue weighted by atomic mass is 16.4. The van der Waals surface area contributed by atoms with Crippen LogP contribution in [0.15, 0.2) is 48.5 Å². The summed E-state index contributed by atoms with van der Waals surface area (Å²) >= 11 is 0. The quantitative estimate of drug-likeness (QED) is 0.589. The molecule has 0 saturated carbocycles. The third-order valence-corrected chi connectivity index (χ3v) is 3.69. The zero-order chi connectivity index (χ0) is 20.0. The minimum atomic E-state index is -1.22. The zero-order valence-electron chi connectivity index (χ0n) is 14.4. The number of aromatic carboxylic acids is 1. The Balaban J connectivity index is 2.17. The first-order chi connectivity index (χ1) is 12.8. The van der Waals surface area contributed by atoms with E-state index in [1.54, 1.807) is 42.5 Å². The third-order valence-electron chi connectivity index (χ3n) is 3.69. The van der Waals surface area contributed by atoms with E-state index in [1.165, 1.54) is 13.0 Å². The molecule has 140 valence electrons. The number of anilines is 1. The molecular weight excluding hydrogens is 352 g/mol. The molecule has 27 heavy (non-hydrogen) atoms. The highest BCUT2D eigenvalue weighted by Crippen LogP contribution is 2.25. The maximum Gasteiger partial charge on any atom is 0.336 e. The molecule has 0 aromatic heterocycles. The van der Waals surface area contributed by atoms with Crippen molar-refractivity contribution in [3.8, 4) is 11.1 Å². The number of rotatable bonds is 7. The second kappa shape index (κ2) is 8.61. The summed E-state index contributed by atoms with van der Waals surface area (Å²) < 4.78 is 0. The van der Waals surface area contributed by atoms with Gasteiger partial charge in [0.1, 0.15) is 6.04 Å². The smallest absolute Gasteiger partial charge is 0.336 e. The average Bonchev–Trinajstić information content (AvgIpc) is 2.61. The average molecular weight is 370 g/mol. The number of hydrogen-bond donors (Lipinski definition) is 4. The fourth-order valence-corrected chi connectivity index (χ4v) is 2.51. The third kappa shape index (κ3) is 5.40. The summed E-state index contributed by atoms with van der Waals surface area (Å²) in [4.78, 5) is 45.5. The number of benzene rings is 2. The fourth-order valence-electron chi connectivity index (χ4n) is 2.51. The molecule has 0 saturated heterocycles. The summed E-state index contributed by atoms with van der Waals surface area (Å²) in [6.07, 6.45) is -0.546. The number of hydrogen-bond acceptors (Lipinski definition) is 4. The molecule has 1 atom stereocenters. The van der Waals surface area contributed by atoms with Crippen LogP contribution in [0.25, 0.3) is 11.1 Å². The van der Waals surface area contributed by atoms with Gasteiger partial charge in [0.15, 0.2) is 0 Å². The number of nitrogens with one attached hydrogen (secondary N) is 2. The maximum absolute atomic E-state index is 12.2. The van der Waals surface area contributed by atoms with Gasteiger partial charge in [-0.3, -0.25) is 14.4 Å². The van der Waals surface area contributed by atoms with E-state index in [4.69, 9.17) is 5.11 Å². The zero-order valence-corrected chi connectivity index (χ0v) is 14.4. The highest BCUT2D eigenvalue weighted by Gasteiger charge is 2.22. The Morgan fingerprint density at radius 3 is 2.15 bits per heavy atom. The Bertz CT molecular complexity index is 860. The second-order valence-corrected chi connectivity index (χ2v) is 5.77. The van der Waals surface area contributed by atoms with E-state index >= 15 is 0 Å². The predicted molar refractivity (Wildman–Crippen MR) is 97.3 cm³/mol. The minimum absolute atomic E-state index is 0.154. The van der Waals surface area contributed by atoms with Gasteiger partial charge < -0.3 is 20.8 Å². The van der Waals surface area contributed by atoms with Crippen molar-refractivity contribution in [2.45, 2.75) is 19.4 Å². The molecule has 0 radical (unpaired) electrons. The van der Waals surface area contributed by atoms with Gasteiger partial charge >= 0.3 is 11.9 Å². The molecule has 2 aromatic carbocycles. The lowest BCUT2D eigenvalue weighted by molar-refractivity contribution is -0.139. The number of carbonyl (C=O) groups excluding carboxylic acids is 2. The Morgan fingerprint density at radius 1 is 0.963 bits per heavy atom. The molecule has 0 heterocycles. The van der Waals surface area contributed by atoms with Gasteiger partial charge in [-0.2, -0.15) is 0 Å². The van der Waals surface area contributed by atoms with Crippen LogP contribution in [0, 0.1) is 0 Å². The molecule has 0 unspecified atom stereocenters. The molecule has 8 heteroatoms. The van der Waals surface area contributed by atoms with Crippen molar-refractivity contribution < 1.29 is 29.4 Å². The highest BCUT2D eigenvalue weighted by molar-refractivity contribution is 5.99. The number of carboxylic acid groups (broad SMARTS) is 2. The van der Waals surface area contributed by atoms with Crippen LogP contribution in [0.4, 0.5) is 5.69 Å². The summed E-state index contributed by atoms with van der Waals surface area (Å²) in [5.41, 5.74) is 1.72. The summed E-state index contributed by atoms with van der Waals surface area (Å²) in [7, 11) is 0. The van der Waals surface area contributed by atoms with Crippen molar-refractivity contribution >= 4 is 29.4 Å². The molecular formula is C19H18N2O6. The molecule has 2 amide bonds.